The first-order valence-electron chi connectivity index (χ1n) is 11.7. The van der Waals surface area contributed by atoms with Crippen LogP contribution in [0.1, 0.15) is 24.2 Å². The quantitative estimate of drug-likeness (QED) is 0.288. The topological polar surface area (TPSA) is 44.1 Å². The summed E-state index contributed by atoms with van der Waals surface area (Å²) in [5.41, 5.74) is 15.4. The Morgan fingerprint density at radius 1 is 0.697 bits per heavy atom. The molecule has 2 N–H and O–H groups in total. The van der Waals surface area contributed by atoms with Crippen molar-refractivity contribution in [3.8, 4) is 16.8 Å². The van der Waals surface area contributed by atoms with Crippen LogP contribution in [0, 0.1) is 0 Å². The van der Waals surface area contributed by atoms with E-state index in [1.54, 1.807) is 0 Å². The fourth-order valence-corrected chi connectivity index (χ4v) is 5.66. The molecular weight excluding hydrogens is 404 g/mol. The van der Waals surface area contributed by atoms with Gasteiger partial charge in [0.05, 0.1) is 16.7 Å². The molecule has 33 heavy (non-hydrogen) atoms. The maximum Gasteiger partial charge on any atom is 0.135 e. The van der Waals surface area contributed by atoms with E-state index in [4.69, 9.17) is 10.2 Å². The van der Waals surface area contributed by atoms with Gasteiger partial charge in [-0.05, 0) is 55.2 Å². The van der Waals surface area contributed by atoms with Crippen LogP contribution in [0.4, 0.5) is 5.69 Å². The molecule has 7 rings (SSSR count). The highest BCUT2D eigenvalue weighted by Gasteiger charge is 2.20. The van der Waals surface area contributed by atoms with E-state index in [-0.39, 0.29) is 0 Å². The third-order valence-corrected chi connectivity index (χ3v) is 7.14. The molecule has 1 aliphatic carbocycles. The average molecular weight is 429 g/mol. The van der Waals surface area contributed by atoms with Gasteiger partial charge in [-0.2, -0.15) is 0 Å². The molecule has 3 heteroatoms. The number of fused-ring (bicyclic) bond motifs is 6. The van der Waals surface area contributed by atoms with Gasteiger partial charge in [0, 0.05) is 39.4 Å². The summed E-state index contributed by atoms with van der Waals surface area (Å²) < 4.78 is 8.66. The summed E-state index contributed by atoms with van der Waals surface area (Å²) in [6.45, 7) is 0. The van der Waals surface area contributed by atoms with Crippen molar-refractivity contribution in [1.29, 1.82) is 0 Å². The highest BCUT2D eigenvalue weighted by atomic mass is 16.3. The molecule has 0 spiro atoms. The van der Waals surface area contributed by atoms with E-state index >= 15 is 0 Å². The van der Waals surface area contributed by atoms with Crippen LogP contribution in [-0.4, -0.2) is 4.57 Å². The van der Waals surface area contributed by atoms with Crippen LogP contribution < -0.4 is 5.73 Å². The molecule has 0 bridgehead atoms. The number of nitrogens with zero attached hydrogens (tertiary/aromatic N) is 1. The third kappa shape index (κ3) is 2.69. The van der Waals surface area contributed by atoms with Crippen molar-refractivity contribution in [3.05, 3.63) is 96.3 Å². The third-order valence-electron chi connectivity index (χ3n) is 7.14. The number of hydrogen-bond acceptors (Lipinski definition) is 2. The number of rotatable bonds is 2. The van der Waals surface area contributed by atoms with Crippen molar-refractivity contribution in [2.45, 2.75) is 25.7 Å². The Labute approximate surface area is 192 Å². The van der Waals surface area contributed by atoms with Crippen LogP contribution in [0.5, 0.6) is 0 Å². The number of nitrogen functional groups attached to an aromatic ring is 1. The molecule has 0 amide bonds. The number of hydrogen-bond donors (Lipinski definition) is 1. The first-order chi connectivity index (χ1) is 16.3. The molecular formula is C30H24N2O. The Kier molecular flexibility index (Phi) is 3.95. The van der Waals surface area contributed by atoms with Crippen LogP contribution in [0.2, 0.25) is 0 Å². The maximum atomic E-state index is 6.65. The van der Waals surface area contributed by atoms with Gasteiger partial charge < -0.3 is 14.7 Å². The van der Waals surface area contributed by atoms with E-state index in [1.165, 1.54) is 45.6 Å². The standard InChI is InChI=1S/C30H24N2O/c31-24-11-7-14-27(32-25-12-4-1-8-20(25)21-9-2-5-13-26(21)32)30(24)19-16-17-23-22-10-3-6-15-28(22)33-29(23)18-19/h1-2,4-5,7-9,11-14,16-18H,3,6,10,15,31H2. The molecule has 0 aliphatic heterocycles. The van der Waals surface area contributed by atoms with Crippen LogP contribution in [0.15, 0.2) is 89.3 Å². The summed E-state index contributed by atoms with van der Waals surface area (Å²) in [4.78, 5) is 0. The summed E-state index contributed by atoms with van der Waals surface area (Å²) >= 11 is 0. The number of anilines is 1. The first kappa shape index (κ1) is 18.6. The monoisotopic (exact) mass is 428 g/mol. The second kappa shape index (κ2) is 7.01. The molecule has 160 valence electrons. The molecule has 0 fully saturated rings. The molecule has 0 unspecified atom stereocenters. The zero-order valence-electron chi connectivity index (χ0n) is 18.3. The first-order valence-corrected chi connectivity index (χ1v) is 11.7. The molecule has 3 nitrogen and oxygen atoms in total. The van der Waals surface area contributed by atoms with Crippen molar-refractivity contribution in [3.63, 3.8) is 0 Å². The van der Waals surface area contributed by atoms with Gasteiger partial charge in [-0.1, -0.05) is 54.6 Å². The van der Waals surface area contributed by atoms with Gasteiger partial charge in [0.2, 0.25) is 0 Å². The second-order valence-electron chi connectivity index (χ2n) is 9.03. The number of aryl methyl sites for hydroxylation is 2. The SMILES string of the molecule is Nc1cccc(-n2c3ccccc3c3ccccc32)c1-c1ccc2c3c(oc2c1)CCCC3. The Balaban J connectivity index is 1.52. The van der Waals surface area contributed by atoms with E-state index in [2.05, 4.69) is 77.4 Å². The van der Waals surface area contributed by atoms with Crippen molar-refractivity contribution < 1.29 is 4.42 Å². The smallest absolute Gasteiger partial charge is 0.135 e. The Morgan fingerprint density at radius 3 is 2.21 bits per heavy atom. The number of aromatic nitrogens is 1. The lowest BCUT2D eigenvalue weighted by atomic mass is 9.94. The molecule has 1 aliphatic rings. The van der Waals surface area contributed by atoms with Crippen molar-refractivity contribution >= 4 is 38.5 Å². The molecule has 6 aromatic rings. The van der Waals surface area contributed by atoms with Crippen LogP contribution in [0.3, 0.4) is 0 Å². The van der Waals surface area contributed by atoms with E-state index in [0.29, 0.717) is 0 Å². The Hall–Kier alpha value is -3.98. The highest BCUT2D eigenvalue weighted by Crippen LogP contribution is 2.40. The van der Waals surface area contributed by atoms with Gasteiger partial charge >= 0.3 is 0 Å². The maximum absolute atomic E-state index is 6.65. The number of benzene rings is 4. The fourth-order valence-electron chi connectivity index (χ4n) is 5.66. The van der Waals surface area contributed by atoms with Gasteiger partial charge in [-0.15, -0.1) is 0 Å². The largest absolute Gasteiger partial charge is 0.461 e. The lowest BCUT2D eigenvalue weighted by Crippen LogP contribution is -2.00. The number of para-hydroxylation sites is 2. The normalized spacial score (nSPS) is 13.7. The van der Waals surface area contributed by atoms with E-state index in [9.17, 15) is 0 Å². The lowest BCUT2D eigenvalue weighted by Gasteiger charge is -2.16. The molecule has 2 aromatic heterocycles. The van der Waals surface area contributed by atoms with E-state index < -0.39 is 0 Å². The van der Waals surface area contributed by atoms with E-state index in [1.807, 2.05) is 12.1 Å². The van der Waals surface area contributed by atoms with Crippen molar-refractivity contribution in [2.75, 3.05) is 5.73 Å². The fraction of sp³-hybridized carbons (Fsp3) is 0.133. The molecule has 2 heterocycles. The number of furan rings is 1. The molecule has 0 saturated carbocycles. The summed E-state index contributed by atoms with van der Waals surface area (Å²) in [5.74, 6) is 1.16. The predicted octanol–water partition coefficient (Wildman–Crippen LogP) is 7.66. The molecule has 4 aromatic carbocycles. The van der Waals surface area contributed by atoms with Crippen LogP contribution in [-0.2, 0) is 12.8 Å². The van der Waals surface area contributed by atoms with Crippen molar-refractivity contribution in [1.82, 2.24) is 4.57 Å². The van der Waals surface area contributed by atoms with Crippen LogP contribution in [0.25, 0.3) is 49.6 Å². The van der Waals surface area contributed by atoms with Gasteiger partial charge in [0.1, 0.15) is 11.3 Å². The molecule has 0 saturated heterocycles. The van der Waals surface area contributed by atoms with Crippen LogP contribution >= 0.6 is 0 Å². The Bertz CT molecular complexity index is 1630. The zero-order chi connectivity index (χ0) is 21.9. The highest BCUT2D eigenvalue weighted by molar-refractivity contribution is 6.10. The lowest BCUT2D eigenvalue weighted by molar-refractivity contribution is 0.506. The number of nitrogens with two attached hydrogens (primary N) is 1. The summed E-state index contributed by atoms with van der Waals surface area (Å²) in [6.07, 6.45) is 4.61. The zero-order valence-corrected chi connectivity index (χ0v) is 18.3. The minimum atomic E-state index is 0.769. The summed E-state index contributed by atoms with van der Waals surface area (Å²) in [5, 5.41) is 3.74. The van der Waals surface area contributed by atoms with Gasteiger partial charge in [0.15, 0.2) is 0 Å². The van der Waals surface area contributed by atoms with Crippen molar-refractivity contribution in [2.24, 2.45) is 0 Å². The molecule has 0 atom stereocenters. The van der Waals surface area contributed by atoms with E-state index in [0.717, 1.165) is 46.7 Å². The van der Waals surface area contributed by atoms with Gasteiger partial charge in [-0.3, -0.25) is 0 Å². The average Bonchev–Trinajstić information content (AvgIpc) is 3.39. The van der Waals surface area contributed by atoms with Gasteiger partial charge in [0.25, 0.3) is 0 Å². The second-order valence-corrected chi connectivity index (χ2v) is 9.03. The molecule has 0 radical (unpaired) electrons. The minimum Gasteiger partial charge on any atom is -0.461 e. The summed E-state index contributed by atoms with van der Waals surface area (Å²) in [6, 6.07) is 30.0. The van der Waals surface area contributed by atoms with Gasteiger partial charge in [-0.25, -0.2) is 0 Å². The predicted molar refractivity (Wildman–Crippen MR) is 137 cm³/mol. The minimum absolute atomic E-state index is 0.769. The summed E-state index contributed by atoms with van der Waals surface area (Å²) in [7, 11) is 0. The Morgan fingerprint density at radius 2 is 1.42 bits per heavy atom.